The average molecular weight is 456 g/mol. The number of ether oxygens (including phenoxy) is 2. The molecule has 7 nitrogen and oxygen atoms in total. The molecule has 0 aliphatic carbocycles. The zero-order valence-electron chi connectivity index (χ0n) is 18.7. The molecular weight excluding hydrogens is 432 g/mol. The van der Waals surface area contributed by atoms with Gasteiger partial charge in [0.05, 0.1) is 25.3 Å². The summed E-state index contributed by atoms with van der Waals surface area (Å²) in [6.45, 7) is 0.846. The summed E-state index contributed by atoms with van der Waals surface area (Å²) >= 11 is 0. The van der Waals surface area contributed by atoms with E-state index in [2.05, 4.69) is 4.98 Å². The number of ketones is 1. The Hall–Kier alpha value is -4.13. The largest absolute Gasteiger partial charge is 0.507 e. The fourth-order valence-electron chi connectivity index (χ4n) is 4.53. The molecule has 172 valence electrons. The van der Waals surface area contributed by atoms with Crippen LogP contribution in [0, 0.1) is 0 Å². The number of carbonyl (C=O) groups is 2. The molecule has 0 spiro atoms. The van der Waals surface area contributed by atoms with E-state index >= 15 is 0 Å². The first-order valence-electron chi connectivity index (χ1n) is 11.1. The zero-order chi connectivity index (χ0) is 23.7. The molecule has 2 aromatic carbocycles. The maximum atomic E-state index is 13.2. The SMILES string of the molecule is COc1ccc(C2/C(=C(/O)c3ccc4c(c3)CCCO4)C(=O)C(=O)N2Cc2cccnc2)cc1. The molecular formula is C27H24N2O5. The quantitative estimate of drug-likeness (QED) is 0.354. The van der Waals surface area contributed by atoms with Crippen LogP contribution in [0.4, 0.5) is 0 Å². The molecule has 0 radical (unpaired) electrons. The Kier molecular flexibility index (Phi) is 5.76. The van der Waals surface area contributed by atoms with Crippen molar-refractivity contribution < 1.29 is 24.2 Å². The summed E-state index contributed by atoms with van der Waals surface area (Å²) in [7, 11) is 1.57. The number of aryl methyl sites for hydroxylation is 1. The van der Waals surface area contributed by atoms with Gasteiger partial charge in [-0.1, -0.05) is 18.2 Å². The highest BCUT2D eigenvalue weighted by Gasteiger charge is 2.46. The third-order valence-corrected chi connectivity index (χ3v) is 6.23. The van der Waals surface area contributed by atoms with Crippen LogP contribution in [0.3, 0.4) is 0 Å². The van der Waals surface area contributed by atoms with Crippen molar-refractivity contribution >= 4 is 17.4 Å². The minimum atomic E-state index is -0.751. The minimum absolute atomic E-state index is 0.0655. The number of methoxy groups -OCH3 is 1. The van der Waals surface area contributed by atoms with E-state index in [-0.39, 0.29) is 17.9 Å². The summed E-state index contributed by atoms with van der Waals surface area (Å²) < 4.78 is 10.9. The van der Waals surface area contributed by atoms with E-state index in [0.29, 0.717) is 23.5 Å². The fraction of sp³-hybridized carbons (Fsp3) is 0.222. The number of nitrogens with zero attached hydrogens (tertiary/aromatic N) is 2. The summed E-state index contributed by atoms with van der Waals surface area (Å²) in [5, 5.41) is 11.3. The summed E-state index contributed by atoms with van der Waals surface area (Å²) in [5.74, 6) is -0.126. The van der Waals surface area contributed by atoms with Crippen molar-refractivity contribution in [2.75, 3.05) is 13.7 Å². The highest BCUT2D eigenvalue weighted by atomic mass is 16.5. The molecule has 1 unspecified atom stereocenters. The van der Waals surface area contributed by atoms with Gasteiger partial charge in [0.25, 0.3) is 11.7 Å². The van der Waals surface area contributed by atoms with Gasteiger partial charge >= 0.3 is 0 Å². The standard InChI is InChI=1S/C27H24N2O5/c1-33-21-9-6-18(7-10-21)24-23(25(30)20-8-11-22-19(14-20)5-3-13-34-22)26(31)27(32)29(24)16-17-4-2-12-28-15-17/h2,4,6-12,14-15,24,30H,3,5,13,16H2,1H3/b25-23-. The lowest BCUT2D eigenvalue weighted by Gasteiger charge is -2.25. The molecule has 34 heavy (non-hydrogen) atoms. The van der Waals surface area contributed by atoms with E-state index in [9.17, 15) is 14.7 Å². The van der Waals surface area contributed by atoms with Crippen LogP contribution in [0.1, 0.15) is 34.7 Å². The topological polar surface area (TPSA) is 89.0 Å². The van der Waals surface area contributed by atoms with Crippen molar-refractivity contribution in [3.05, 3.63) is 94.8 Å². The van der Waals surface area contributed by atoms with E-state index in [1.165, 1.54) is 4.90 Å². The Morgan fingerprint density at radius 1 is 1.18 bits per heavy atom. The number of amides is 1. The molecule has 0 bridgehead atoms. The smallest absolute Gasteiger partial charge is 0.295 e. The van der Waals surface area contributed by atoms with Gasteiger partial charge in [0, 0.05) is 24.5 Å². The van der Waals surface area contributed by atoms with Crippen LogP contribution < -0.4 is 9.47 Å². The average Bonchev–Trinajstić information content (AvgIpc) is 3.13. The van der Waals surface area contributed by atoms with E-state index in [1.807, 2.05) is 12.1 Å². The Labute approximate surface area is 197 Å². The predicted molar refractivity (Wildman–Crippen MR) is 125 cm³/mol. The molecule has 1 atom stereocenters. The Morgan fingerprint density at radius 2 is 2.00 bits per heavy atom. The van der Waals surface area contributed by atoms with Gasteiger partial charge in [0.1, 0.15) is 17.3 Å². The lowest BCUT2D eigenvalue weighted by Crippen LogP contribution is -2.29. The summed E-state index contributed by atoms with van der Waals surface area (Å²) in [6.07, 6.45) is 5.03. The van der Waals surface area contributed by atoms with Gasteiger partial charge in [-0.15, -0.1) is 0 Å². The maximum absolute atomic E-state index is 13.2. The molecule has 3 aromatic rings. The van der Waals surface area contributed by atoms with Crippen LogP contribution in [0.5, 0.6) is 11.5 Å². The number of rotatable bonds is 5. The molecule has 1 aromatic heterocycles. The van der Waals surface area contributed by atoms with Crippen molar-refractivity contribution in [3.63, 3.8) is 0 Å². The molecule has 0 saturated carbocycles. The van der Waals surface area contributed by atoms with Gasteiger partial charge in [-0.3, -0.25) is 14.6 Å². The zero-order valence-corrected chi connectivity index (χ0v) is 18.7. The number of Topliss-reactive ketones (excluding diaryl/α,β-unsaturated/α-hetero) is 1. The van der Waals surface area contributed by atoms with Gasteiger partial charge in [-0.25, -0.2) is 0 Å². The normalized spacial score (nSPS) is 19.0. The monoisotopic (exact) mass is 456 g/mol. The second-order valence-corrected chi connectivity index (χ2v) is 8.34. The third-order valence-electron chi connectivity index (χ3n) is 6.23. The first-order chi connectivity index (χ1) is 16.6. The Morgan fingerprint density at radius 3 is 2.74 bits per heavy atom. The number of fused-ring (bicyclic) bond motifs is 1. The number of aliphatic hydroxyl groups excluding tert-OH is 1. The maximum Gasteiger partial charge on any atom is 0.295 e. The first-order valence-corrected chi connectivity index (χ1v) is 11.1. The number of aromatic nitrogens is 1. The minimum Gasteiger partial charge on any atom is -0.507 e. The number of aliphatic hydroxyl groups is 1. The van der Waals surface area contributed by atoms with Crippen LogP contribution in [0.2, 0.25) is 0 Å². The van der Waals surface area contributed by atoms with Crippen molar-refractivity contribution in [1.82, 2.24) is 9.88 Å². The molecule has 5 rings (SSSR count). The van der Waals surface area contributed by atoms with Crippen molar-refractivity contribution in [2.45, 2.75) is 25.4 Å². The highest BCUT2D eigenvalue weighted by Crippen LogP contribution is 2.41. The summed E-state index contributed by atoms with van der Waals surface area (Å²) in [4.78, 5) is 32.0. The van der Waals surface area contributed by atoms with Gasteiger partial charge in [-0.05, 0) is 65.9 Å². The van der Waals surface area contributed by atoms with Crippen LogP contribution in [0.25, 0.3) is 5.76 Å². The van der Waals surface area contributed by atoms with Gasteiger partial charge < -0.3 is 19.5 Å². The second-order valence-electron chi connectivity index (χ2n) is 8.34. The second kappa shape index (κ2) is 9.02. The lowest BCUT2D eigenvalue weighted by molar-refractivity contribution is -0.140. The molecule has 1 amide bonds. The first kappa shape index (κ1) is 21.7. The number of likely N-dealkylation sites (tertiary alicyclic amines) is 1. The van der Waals surface area contributed by atoms with E-state index < -0.39 is 17.7 Å². The number of benzene rings is 2. The Bertz CT molecular complexity index is 1270. The molecule has 7 heteroatoms. The van der Waals surface area contributed by atoms with Gasteiger partial charge in [-0.2, -0.15) is 0 Å². The van der Waals surface area contributed by atoms with Crippen LogP contribution in [-0.2, 0) is 22.6 Å². The molecule has 2 aliphatic heterocycles. The highest BCUT2D eigenvalue weighted by molar-refractivity contribution is 6.46. The molecule has 3 heterocycles. The van der Waals surface area contributed by atoms with Crippen molar-refractivity contribution in [3.8, 4) is 11.5 Å². The number of pyridine rings is 1. The van der Waals surface area contributed by atoms with Crippen molar-refractivity contribution in [1.29, 1.82) is 0 Å². The van der Waals surface area contributed by atoms with Gasteiger partial charge in [0.15, 0.2) is 0 Å². The number of hydrogen-bond acceptors (Lipinski definition) is 6. The van der Waals surface area contributed by atoms with Crippen LogP contribution in [-0.4, -0.2) is 40.4 Å². The van der Waals surface area contributed by atoms with E-state index in [0.717, 1.165) is 29.7 Å². The number of carbonyl (C=O) groups excluding carboxylic acids is 2. The van der Waals surface area contributed by atoms with Crippen LogP contribution >= 0.6 is 0 Å². The molecule has 2 aliphatic rings. The fourth-order valence-corrected chi connectivity index (χ4v) is 4.53. The van der Waals surface area contributed by atoms with Gasteiger partial charge in [0.2, 0.25) is 0 Å². The Balaban J connectivity index is 1.62. The lowest BCUT2D eigenvalue weighted by atomic mass is 9.94. The van der Waals surface area contributed by atoms with E-state index in [1.54, 1.807) is 62.0 Å². The molecule has 1 N–H and O–H groups in total. The number of hydrogen-bond donors (Lipinski definition) is 1. The molecule has 1 saturated heterocycles. The third kappa shape index (κ3) is 3.90. The van der Waals surface area contributed by atoms with E-state index in [4.69, 9.17) is 9.47 Å². The predicted octanol–water partition coefficient (Wildman–Crippen LogP) is 4.04. The van der Waals surface area contributed by atoms with Crippen molar-refractivity contribution in [2.24, 2.45) is 0 Å². The summed E-state index contributed by atoms with van der Waals surface area (Å²) in [6, 6.07) is 15.4. The summed E-state index contributed by atoms with van der Waals surface area (Å²) in [5.41, 5.74) is 3.01. The van der Waals surface area contributed by atoms with Crippen LogP contribution in [0.15, 0.2) is 72.6 Å². The molecule has 1 fully saturated rings.